The maximum Gasteiger partial charge on any atom is 0.263 e. The van der Waals surface area contributed by atoms with Gasteiger partial charge >= 0.3 is 0 Å². The predicted octanol–water partition coefficient (Wildman–Crippen LogP) is 1.67. The third kappa shape index (κ3) is 3.95. The average molecular weight is 293 g/mol. The first-order chi connectivity index (χ1) is 9.99. The van der Waals surface area contributed by atoms with Crippen LogP contribution in [0, 0.1) is 6.92 Å². The van der Waals surface area contributed by atoms with Crippen LogP contribution in [0.1, 0.15) is 31.1 Å². The third-order valence-electron chi connectivity index (χ3n) is 3.66. The largest absolute Gasteiger partial charge is 0.481 e. The first-order valence-electron chi connectivity index (χ1n) is 7.31. The van der Waals surface area contributed by atoms with Crippen molar-refractivity contribution in [2.75, 3.05) is 26.3 Å². The van der Waals surface area contributed by atoms with Crippen molar-refractivity contribution in [3.63, 3.8) is 0 Å². The first-order valence-corrected chi connectivity index (χ1v) is 7.31. The van der Waals surface area contributed by atoms with Crippen LogP contribution in [0.4, 0.5) is 0 Å². The number of aliphatic hydroxyl groups excluding tert-OH is 1. The fourth-order valence-electron chi connectivity index (χ4n) is 2.35. The highest BCUT2D eigenvalue weighted by Crippen LogP contribution is 2.24. The topological polar surface area (TPSA) is 59.0 Å². The van der Waals surface area contributed by atoms with Gasteiger partial charge in [-0.1, -0.05) is 6.07 Å². The normalized spacial score (nSPS) is 18.2. The summed E-state index contributed by atoms with van der Waals surface area (Å²) in [5, 5.41) is 9.57. The van der Waals surface area contributed by atoms with Crippen molar-refractivity contribution < 1.29 is 19.4 Å². The van der Waals surface area contributed by atoms with Gasteiger partial charge in [-0.15, -0.1) is 0 Å². The third-order valence-corrected chi connectivity index (χ3v) is 3.66. The van der Waals surface area contributed by atoms with E-state index in [2.05, 4.69) is 0 Å². The number of morpholine rings is 1. The summed E-state index contributed by atoms with van der Waals surface area (Å²) in [5.74, 6) is 0.658. The Kier molecular flexibility index (Phi) is 5.20. The molecule has 1 fully saturated rings. The lowest BCUT2D eigenvalue weighted by Crippen LogP contribution is -2.46. The van der Waals surface area contributed by atoms with Gasteiger partial charge in [-0.25, -0.2) is 0 Å². The fourth-order valence-corrected chi connectivity index (χ4v) is 2.35. The molecule has 1 aromatic rings. The summed E-state index contributed by atoms with van der Waals surface area (Å²) >= 11 is 0. The lowest BCUT2D eigenvalue weighted by atomic mass is 10.1. The van der Waals surface area contributed by atoms with Crippen molar-refractivity contribution in [1.29, 1.82) is 0 Å². The number of carbonyl (C=O) groups is 1. The van der Waals surface area contributed by atoms with E-state index in [-0.39, 0.29) is 5.91 Å². The van der Waals surface area contributed by atoms with Crippen molar-refractivity contribution in [2.45, 2.75) is 33.0 Å². The molecule has 1 unspecified atom stereocenters. The molecule has 1 saturated heterocycles. The minimum atomic E-state index is -0.529. The van der Waals surface area contributed by atoms with Crippen molar-refractivity contribution >= 4 is 5.91 Å². The SMILES string of the molecule is Cc1cc([C@H](C)O)ccc1OC(C)C(=O)N1CCOCC1. The zero-order valence-corrected chi connectivity index (χ0v) is 12.8. The molecule has 1 heterocycles. The molecule has 1 aliphatic heterocycles. The molecule has 2 atom stereocenters. The summed E-state index contributed by atoms with van der Waals surface area (Å²) in [4.78, 5) is 14.1. The zero-order valence-electron chi connectivity index (χ0n) is 12.8. The fraction of sp³-hybridized carbons (Fsp3) is 0.562. The van der Waals surface area contributed by atoms with Crippen molar-refractivity contribution in [2.24, 2.45) is 0 Å². The number of aliphatic hydroxyl groups is 1. The molecule has 0 spiro atoms. The second-order valence-corrected chi connectivity index (χ2v) is 5.40. The summed E-state index contributed by atoms with van der Waals surface area (Å²) in [6, 6.07) is 5.51. The average Bonchev–Trinajstić information content (AvgIpc) is 2.49. The second kappa shape index (κ2) is 6.91. The number of ether oxygens (including phenoxy) is 2. The number of nitrogens with zero attached hydrogens (tertiary/aromatic N) is 1. The molecule has 1 N–H and O–H groups in total. The number of carbonyl (C=O) groups excluding carboxylic acids is 1. The maximum absolute atomic E-state index is 12.3. The van der Waals surface area contributed by atoms with Gasteiger partial charge in [0.1, 0.15) is 5.75 Å². The van der Waals surface area contributed by atoms with E-state index in [0.717, 1.165) is 11.1 Å². The minimum Gasteiger partial charge on any atom is -0.481 e. The van der Waals surface area contributed by atoms with Crippen LogP contribution in [0.25, 0.3) is 0 Å². The van der Waals surface area contributed by atoms with Crippen molar-refractivity contribution in [3.8, 4) is 5.75 Å². The smallest absolute Gasteiger partial charge is 0.263 e. The van der Waals surface area contributed by atoms with E-state index in [4.69, 9.17) is 9.47 Å². The van der Waals surface area contributed by atoms with Crippen LogP contribution in [0.2, 0.25) is 0 Å². The van der Waals surface area contributed by atoms with Gasteiger partial charge in [-0.2, -0.15) is 0 Å². The Morgan fingerprint density at radius 1 is 1.33 bits per heavy atom. The van der Waals surface area contributed by atoms with E-state index in [1.165, 1.54) is 0 Å². The van der Waals surface area contributed by atoms with Gasteiger partial charge in [0.25, 0.3) is 5.91 Å². The Hall–Kier alpha value is -1.59. The number of hydrogen-bond donors (Lipinski definition) is 1. The van der Waals surface area contributed by atoms with E-state index in [1.807, 2.05) is 19.1 Å². The molecule has 1 aliphatic rings. The van der Waals surface area contributed by atoms with Crippen LogP contribution in [0.15, 0.2) is 18.2 Å². The number of rotatable bonds is 4. The molecule has 1 amide bonds. The van der Waals surface area contributed by atoms with Gasteiger partial charge in [-0.05, 0) is 44.0 Å². The van der Waals surface area contributed by atoms with Gasteiger partial charge in [-0.3, -0.25) is 4.79 Å². The maximum atomic E-state index is 12.3. The molecule has 1 aromatic carbocycles. The molecule has 5 heteroatoms. The van der Waals surface area contributed by atoms with Gasteiger partial charge in [0.2, 0.25) is 0 Å². The number of hydrogen-bond acceptors (Lipinski definition) is 4. The molecule has 0 radical (unpaired) electrons. The lowest BCUT2D eigenvalue weighted by Gasteiger charge is -2.29. The summed E-state index contributed by atoms with van der Waals surface area (Å²) in [7, 11) is 0. The monoisotopic (exact) mass is 293 g/mol. The zero-order chi connectivity index (χ0) is 15.4. The van der Waals surface area contributed by atoms with E-state index in [9.17, 15) is 9.90 Å². The van der Waals surface area contributed by atoms with E-state index >= 15 is 0 Å². The molecule has 0 bridgehead atoms. The number of aryl methyl sites for hydroxylation is 1. The Balaban J connectivity index is 2.01. The first kappa shape index (κ1) is 15.8. The van der Waals surface area contributed by atoms with E-state index in [0.29, 0.717) is 32.1 Å². The summed E-state index contributed by atoms with van der Waals surface area (Å²) < 4.78 is 11.0. The Morgan fingerprint density at radius 3 is 2.57 bits per heavy atom. The molecule has 0 aliphatic carbocycles. The van der Waals surface area contributed by atoms with Crippen molar-refractivity contribution in [1.82, 2.24) is 4.90 Å². The highest BCUT2D eigenvalue weighted by atomic mass is 16.5. The number of benzene rings is 1. The Labute approximate surface area is 125 Å². The molecular weight excluding hydrogens is 270 g/mol. The van der Waals surface area contributed by atoms with E-state index < -0.39 is 12.2 Å². The van der Waals surface area contributed by atoms with Crippen molar-refractivity contribution in [3.05, 3.63) is 29.3 Å². The van der Waals surface area contributed by atoms with Crippen LogP contribution in [0.3, 0.4) is 0 Å². The molecule has 116 valence electrons. The predicted molar refractivity (Wildman–Crippen MR) is 79.3 cm³/mol. The molecule has 0 saturated carbocycles. The summed E-state index contributed by atoms with van der Waals surface area (Å²) in [6.45, 7) is 7.80. The van der Waals surface area contributed by atoms with Crippen LogP contribution in [-0.2, 0) is 9.53 Å². The van der Waals surface area contributed by atoms with Gasteiger partial charge in [0, 0.05) is 13.1 Å². The second-order valence-electron chi connectivity index (χ2n) is 5.40. The minimum absolute atomic E-state index is 0.0164. The van der Waals surface area contributed by atoms with Gasteiger partial charge in [0.15, 0.2) is 6.10 Å². The number of amides is 1. The van der Waals surface area contributed by atoms with Crippen LogP contribution < -0.4 is 4.74 Å². The standard InChI is InChI=1S/C16H23NO4/c1-11-10-14(12(2)18)4-5-15(11)21-13(3)16(19)17-6-8-20-9-7-17/h4-5,10,12-13,18H,6-9H2,1-3H3/t12-,13?/m0/s1. The van der Waals surface area contributed by atoms with Crippen LogP contribution in [0.5, 0.6) is 5.75 Å². The molecule has 0 aromatic heterocycles. The highest BCUT2D eigenvalue weighted by Gasteiger charge is 2.24. The van der Waals surface area contributed by atoms with E-state index in [1.54, 1.807) is 24.8 Å². The quantitative estimate of drug-likeness (QED) is 0.917. The highest BCUT2D eigenvalue weighted by molar-refractivity contribution is 5.81. The summed E-state index contributed by atoms with van der Waals surface area (Å²) in [6.07, 6.45) is -1.04. The summed E-state index contributed by atoms with van der Waals surface area (Å²) in [5.41, 5.74) is 1.75. The molecule has 2 rings (SSSR count). The molecular formula is C16H23NO4. The van der Waals surface area contributed by atoms with Gasteiger partial charge < -0.3 is 19.5 Å². The van der Waals surface area contributed by atoms with Crippen LogP contribution in [-0.4, -0.2) is 48.3 Å². The molecule has 21 heavy (non-hydrogen) atoms. The Morgan fingerprint density at radius 2 is 2.00 bits per heavy atom. The van der Waals surface area contributed by atoms with Crippen LogP contribution >= 0.6 is 0 Å². The lowest BCUT2D eigenvalue weighted by molar-refractivity contribution is -0.142. The molecule has 5 nitrogen and oxygen atoms in total. The van der Waals surface area contributed by atoms with Gasteiger partial charge in [0.05, 0.1) is 19.3 Å². The Bertz CT molecular complexity index is 495.